The van der Waals surface area contributed by atoms with Crippen molar-refractivity contribution in [3.63, 3.8) is 0 Å². The van der Waals surface area contributed by atoms with Gasteiger partial charge in [0.15, 0.2) is 0 Å². The van der Waals surface area contributed by atoms with Gasteiger partial charge in [0.1, 0.15) is 12.1 Å². The van der Waals surface area contributed by atoms with E-state index in [1.165, 1.54) is 24.0 Å². The predicted molar refractivity (Wildman–Crippen MR) is 124 cm³/mol. The van der Waals surface area contributed by atoms with Crippen LogP contribution in [0.15, 0.2) is 30.3 Å². The summed E-state index contributed by atoms with van der Waals surface area (Å²) < 4.78 is 41.7. The van der Waals surface area contributed by atoms with Crippen LogP contribution in [0.1, 0.15) is 18.9 Å². The zero-order chi connectivity index (χ0) is 28.8. The first-order chi connectivity index (χ1) is 17.7. The van der Waals surface area contributed by atoms with E-state index in [4.69, 9.17) is 19.4 Å². The number of hydrogen-bond donors (Lipinski definition) is 2. The first-order valence-electron chi connectivity index (χ1n) is 11.5. The molecular formula is C24H30F3N3O8. The minimum Gasteiger partial charge on any atom is -0.475 e. The number of carbonyl (C=O) groups excluding carboxylic acids is 4. The van der Waals surface area contributed by atoms with Gasteiger partial charge in [0.05, 0.1) is 25.5 Å². The number of benzene rings is 1. The molecule has 2 fully saturated rings. The molecule has 2 heterocycles. The Hall–Kier alpha value is -3.52. The van der Waals surface area contributed by atoms with Crippen molar-refractivity contribution in [3.8, 4) is 0 Å². The topological polar surface area (TPSA) is 143 Å². The fraction of sp³-hybridized carbons (Fsp3) is 0.542. The fourth-order valence-corrected chi connectivity index (χ4v) is 4.73. The molecule has 4 atom stereocenters. The SMILES string of the molecule is CC[C@@]1(C(=O)OC)N[C@H](CN(C)C(=O)COC)[C@@H]2C(=O)N(Cc3ccccc3)C(=O)[C@@H]21.O=C(O)C(F)(F)F. The fourth-order valence-electron chi connectivity index (χ4n) is 4.73. The summed E-state index contributed by atoms with van der Waals surface area (Å²) in [7, 11) is 4.29. The number of aliphatic carboxylic acids is 1. The maximum absolute atomic E-state index is 13.4. The molecule has 3 amide bonds. The Bertz CT molecular complexity index is 1050. The Morgan fingerprint density at radius 2 is 1.71 bits per heavy atom. The van der Waals surface area contributed by atoms with Gasteiger partial charge in [0, 0.05) is 26.7 Å². The number of imide groups is 1. The van der Waals surface area contributed by atoms with Crippen molar-refractivity contribution >= 4 is 29.7 Å². The number of rotatable bonds is 8. The lowest BCUT2D eigenvalue weighted by atomic mass is 9.78. The summed E-state index contributed by atoms with van der Waals surface area (Å²) in [5, 5.41) is 10.3. The summed E-state index contributed by atoms with van der Waals surface area (Å²) in [5.74, 6) is -6.00. The monoisotopic (exact) mass is 545 g/mol. The number of hydrogen-bond acceptors (Lipinski definition) is 8. The highest BCUT2D eigenvalue weighted by Gasteiger charge is 2.67. The normalized spacial score (nSPS) is 24.4. The zero-order valence-electron chi connectivity index (χ0n) is 21.3. The molecule has 1 aromatic carbocycles. The Kier molecular flexibility index (Phi) is 9.98. The van der Waals surface area contributed by atoms with E-state index in [-0.39, 0.29) is 37.9 Å². The van der Waals surface area contributed by atoms with Crippen molar-refractivity contribution in [3.05, 3.63) is 35.9 Å². The number of methoxy groups -OCH3 is 2. The molecule has 0 radical (unpaired) electrons. The number of carbonyl (C=O) groups is 5. The van der Waals surface area contributed by atoms with Crippen LogP contribution < -0.4 is 5.32 Å². The number of carboxylic acid groups (broad SMARTS) is 1. The summed E-state index contributed by atoms with van der Waals surface area (Å²) in [5.41, 5.74) is -0.505. The Balaban J connectivity index is 0.000000638. The molecule has 2 saturated heterocycles. The van der Waals surface area contributed by atoms with E-state index < -0.39 is 47.4 Å². The van der Waals surface area contributed by atoms with E-state index in [1.54, 1.807) is 14.0 Å². The standard InChI is InChI=1S/C22H29N3O6.C2HF3O2/c1-5-22(21(29)31-4)18-17(15(23-22)12-24(2)16(26)13-30-3)19(27)25(20(18)28)11-14-9-7-6-8-10-14;3-2(4,5)1(6)7/h6-10,15,17-18,23H,5,11-13H2,1-4H3;(H,6,7)/t15-,17+,18-,22-;/m1./s1. The van der Waals surface area contributed by atoms with Gasteiger partial charge in [0.25, 0.3) is 0 Å². The number of nitrogens with one attached hydrogen (secondary N) is 1. The van der Waals surface area contributed by atoms with E-state index in [1.807, 2.05) is 30.3 Å². The quantitative estimate of drug-likeness (QED) is 0.359. The minimum atomic E-state index is -5.08. The molecule has 1 aromatic rings. The van der Waals surface area contributed by atoms with Crippen molar-refractivity contribution in [1.29, 1.82) is 0 Å². The molecule has 2 N–H and O–H groups in total. The van der Waals surface area contributed by atoms with Crippen LogP contribution in [0.2, 0.25) is 0 Å². The van der Waals surface area contributed by atoms with E-state index in [9.17, 15) is 32.3 Å². The number of halogens is 3. The smallest absolute Gasteiger partial charge is 0.475 e. The third kappa shape index (κ3) is 6.30. The van der Waals surface area contributed by atoms with Crippen LogP contribution in [0.5, 0.6) is 0 Å². The summed E-state index contributed by atoms with van der Waals surface area (Å²) in [6.07, 6.45) is -4.81. The zero-order valence-corrected chi connectivity index (χ0v) is 21.3. The maximum atomic E-state index is 13.4. The molecule has 0 bridgehead atoms. The van der Waals surface area contributed by atoms with Gasteiger partial charge in [-0.2, -0.15) is 13.2 Å². The van der Waals surface area contributed by atoms with E-state index in [0.717, 1.165) is 5.56 Å². The summed E-state index contributed by atoms with van der Waals surface area (Å²) in [6.45, 7) is 1.97. The van der Waals surface area contributed by atoms with Crippen LogP contribution in [0.25, 0.3) is 0 Å². The highest BCUT2D eigenvalue weighted by molar-refractivity contribution is 6.09. The number of likely N-dealkylation sites (N-methyl/N-ethyl adjacent to an activating group) is 1. The molecule has 11 nitrogen and oxygen atoms in total. The average molecular weight is 546 g/mol. The number of esters is 1. The number of nitrogens with zero attached hydrogens (tertiary/aromatic N) is 2. The molecule has 14 heteroatoms. The number of ether oxygens (including phenoxy) is 2. The molecule has 2 aliphatic rings. The highest BCUT2D eigenvalue weighted by Crippen LogP contribution is 2.45. The van der Waals surface area contributed by atoms with Crippen LogP contribution in [0, 0.1) is 11.8 Å². The van der Waals surface area contributed by atoms with Gasteiger partial charge < -0.3 is 19.5 Å². The molecule has 3 rings (SSSR count). The van der Waals surface area contributed by atoms with Gasteiger partial charge in [-0.05, 0) is 12.0 Å². The third-order valence-electron chi connectivity index (χ3n) is 6.55. The number of carboxylic acids is 1. The van der Waals surface area contributed by atoms with Gasteiger partial charge in [0.2, 0.25) is 17.7 Å². The van der Waals surface area contributed by atoms with Gasteiger partial charge in [-0.15, -0.1) is 0 Å². The lowest BCUT2D eigenvalue weighted by Crippen LogP contribution is -2.58. The number of alkyl halides is 3. The number of likely N-dealkylation sites (tertiary alicyclic amines) is 1. The van der Waals surface area contributed by atoms with E-state index in [0.29, 0.717) is 0 Å². The first kappa shape index (κ1) is 30.7. The molecule has 0 aromatic heterocycles. The Morgan fingerprint density at radius 1 is 1.13 bits per heavy atom. The largest absolute Gasteiger partial charge is 0.490 e. The average Bonchev–Trinajstić information content (AvgIpc) is 3.33. The van der Waals surface area contributed by atoms with E-state index >= 15 is 0 Å². The van der Waals surface area contributed by atoms with Gasteiger partial charge in [-0.3, -0.25) is 29.4 Å². The van der Waals surface area contributed by atoms with Crippen LogP contribution in [-0.2, 0) is 40.0 Å². The minimum absolute atomic E-state index is 0.0970. The molecule has 38 heavy (non-hydrogen) atoms. The summed E-state index contributed by atoms with van der Waals surface area (Å²) in [6, 6.07) is 8.65. The first-order valence-corrected chi connectivity index (χ1v) is 11.5. The van der Waals surface area contributed by atoms with Crippen molar-refractivity contribution in [1.82, 2.24) is 15.1 Å². The molecule has 0 saturated carbocycles. The van der Waals surface area contributed by atoms with Crippen molar-refractivity contribution < 1.29 is 51.7 Å². The summed E-state index contributed by atoms with van der Waals surface area (Å²) >= 11 is 0. The molecule has 0 spiro atoms. The maximum Gasteiger partial charge on any atom is 0.490 e. The molecule has 2 aliphatic heterocycles. The molecule has 0 aliphatic carbocycles. The summed E-state index contributed by atoms with van der Waals surface area (Å²) in [4.78, 5) is 63.4. The van der Waals surface area contributed by atoms with Crippen molar-refractivity contribution in [2.45, 2.75) is 37.6 Å². The predicted octanol–water partition coefficient (Wildman–Crippen LogP) is 0.820. The molecule has 210 valence electrons. The van der Waals surface area contributed by atoms with Gasteiger partial charge in [-0.25, -0.2) is 4.79 Å². The van der Waals surface area contributed by atoms with Crippen LogP contribution >= 0.6 is 0 Å². The second-order valence-corrected chi connectivity index (χ2v) is 8.83. The second-order valence-electron chi connectivity index (χ2n) is 8.83. The Labute approximate surface area is 216 Å². The van der Waals surface area contributed by atoms with Crippen LogP contribution in [-0.4, -0.2) is 96.7 Å². The van der Waals surface area contributed by atoms with E-state index in [2.05, 4.69) is 5.32 Å². The van der Waals surface area contributed by atoms with Gasteiger partial charge >= 0.3 is 18.1 Å². The third-order valence-corrected chi connectivity index (χ3v) is 6.55. The lowest BCUT2D eigenvalue weighted by molar-refractivity contribution is -0.192. The van der Waals surface area contributed by atoms with Gasteiger partial charge in [-0.1, -0.05) is 37.3 Å². The van der Waals surface area contributed by atoms with Crippen LogP contribution in [0.3, 0.4) is 0 Å². The highest BCUT2D eigenvalue weighted by atomic mass is 19.4. The number of fused-ring (bicyclic) bond motifs is 1. The second kappa shape index (κ2) is 12.3. The van der Waals surface area contributed by atoms with Crippen molar-refractivity contribution in [2.75, 3.05) is 34.4 Å². The van der Waals surface area contributed by atoms with Crippen LogP contribution in [0.4, 0.5) is 13.2 Å². The Morgan fingerprint density at radius 3 is 2.18 bits per heavy atom. The number of amides is 3. The van der Waals surface area contributed by atoms with Crippen molar-refractivity contribution in [2.24, 2.45) is 11.8 Å². The molecular weight excluding hydrogens is 515 g/mol. The molecule has 0 unspecified atom stereocenters. The lowest BCUT2D eigenvalue weighted by Gasteiger charge is -2.32.